The molecule has 0 saturated carbocycles. The normalized spacial score (nSPS) is 21.1. The lowest BCUT2D eigenvalue weighted by molar-refractivity contribution is 0.269. The number of aliphatic hydroxyl groups is 1. The fourth-order valence-electron chi connectivity index (χ4n) is 3.77. The number of nitrogens with zero attached hydrogens (tertiary/aromatic N) is 2. The van der Waals surface area contributed by atoms with E-state index in [1.807, 2.05) is 10.7 Å². The molecule has 0 saturated heterocycles. The quantitative estimate of drug-likeness (QED) is 0.919. The first-order valence-electron chi connectivity index (χ1n) is 8.40. The topological polar surface area (TPSA) is 38.0 Å². The highest BCUT2D eigenvalue weighted by atomic mass is 16.3. The summed E-state index contributed by atoms with van der Waals surface area (Å²) < 4.78 is 2.02. The van der Waals surface area contributed by atoms with Crippen LogP contribution in [-0.4, -0.2) is 21.5 Å². The number of benzene rings is 1. The smallest absolute Gasteiger partial charge is 0.0721 e. The van der Waals surface area contributed by atoms with Gasteiger partial charge in [-0.1, -0.05) is 51.1 Å². The third-order valence-electron chi connectivity index (χ3n) is 4.94. The largest absolute Gasteiger partial charge is 0.394 e. The van der Waals surface area contributed by atoms with Crippen molar-refractivity contribution in [3.63, 3.8) is 0 Å². The Morgan fingerprint density at radius 1 is 1.23 bits per heavy atom. The van der Waals surface area contributed by atoms with E-state index in [1.54, 1.807) is 0 Å². The Morgan fingerprint density at radius 3 is 2.59 bits per heavy atom. The lowest BCUT2D eigenvalue weighted by Crippen LogP contribution is -2.16. The zero-order valence-electron chi connectivity index (χ0n) is 13.8. The molecule has 2 atom stereocenters. The molecule has 1 N–H and O–H groups in total. The molecule has 0 aliphatic heterocycles. The van der Waals surface area contributed by atoms with Crippen molar-refractivity contribution in [3.8, 4) is 11.3 Å². The Morgan fingerprint density at radius 2 is 1.95 bits per heavy atom. The second kappa shape index (κ2) is 6.25. The van der Waals surface area contributed by atoms with Crippen molar-refractivity contribution in [2.75, 3.05) is 6.61 Å². The average Bonchev–Trinajstić information content (AvgIpc) is 2.88. The van der Waals surface area contributed by atoms with Gasteiger partial charge in [-0.15, -0.1) is 0 Å². The summed E-state index contributed by atoms with van der Waals surface area (Å²) in [6.45, 7) is 7.58. The highest BCUT2D eigenvalue weighted by Crippen LogP contribution is 2.45. The molecule has 1 aromatic carbocycles. The van der Waals surface area contributed by atoms with Crippen LogP contribution in [0.2, 0.25) is 0 Å². The third-order valence-corrected chi connectivity index (χ3v) is 4.94. The molecule has 3 rings (SSSR count). The predicted molar refractivity (Wildman–Crippen MR) is 90.0 cm³/mol. The SMILES string of the molecule is CC(C)[C@@H]1CC[C@@H](C)c2c1nn(CCO)c2-c1ccccc1. The van der Waals surface area contributed by atoms with E-state index in [9.17, 15) is 5.11 Å². The van der Waals surface area contributed by atoms with Gasteiger partial charge in [0.05, 0.1) is 24.5 Å². The van der Waals surface area contributed by atoms with Crippen LogP contribution in [0.5, 0.6) is 0 Å². The van der Waals surface area contributed by atoms with Gasteiger partial charge in [-0.05, 0) is 24.7 Å². The molecular weight excluding hydrogens is 272 g/mol. The lowest BCUT2D eigenvalue weighted by Gasteiger charge is -2.29. The number of aliphatic hydroxyl groups excluding tert-OH is 1. The van der Waals surface area contributed by atoms with Crippen molar-refractivity contribution < 1.29 is 5.11 Å². The van der Waals surface area contributed by atoms with Gasteiger partial charge < -0.3 is 5.11 Å². The Labute approximate surface area is 133 Å². The van der Waals surface area contributed by atoms with Crippen LogP contribution in [0.3, 0.4) is 0 Å². The van der Waals surface area contributed by atoms with Gasteiger partial charge in [0.25, 0.3) is 0 Å². The molecule has 3 heteroatoms. The first-order valence-corrected chi connectivity index (χ1v) is 8.40. The molecular formula is C19H26N2O. The molecule has 1 aromatic heterocycles. The molecule has 0 fully saturated rings. The minimum Gasteiger partial charge on any atom is -0.394 e. The van der Waals surface area contributed by atoms with E-state index < -0.39 is 0 Å². The van der Waals surface area contributed by atoms with E-state index in [0.29, 0.717) is 24.3 Å². The summed E-state index contributed by atoms with van der Waals surface area (Å²) in [4.78, 5) is 0. The molecule has 0 unspecified atom stereocenters. The fourth-order valence-corrected chi connectivity index (χ4v) is 3.77. The van der Waals surface area contributed by atoms with Gasteiger partial charge in [-0.25, -0.2) is 0 Å². The molecule has 0 radical (unpaired) electrons. The molecule has 22 heavy (non-hydrogen) atoms. The zero-order valence-corrected chi connectivity index (χ0v) is 13.8. The van der Waals surface area contributed by atoms with E-state index >= 15 is 0 Å². The summed E-state index contributed by atoms with van der Waals surface area (Å²) in [5.41, 5.74) is 5.09. The van der Waals surface area contributed by atoms with E-state index in [2.05, 4.69) is 45.0 Å². The first-order chi connectivity index (χ1) is 10.6. The van der Waals surface area contributed by atoms with Crippen LogP contribution in [0.15, 0.2) is 30.3 Å². The van der Waals surface area contributed by atoms with E-state index in [4.69, 9.17) is 5.10 Å². The Bertz CT molecular complexity index is 630. The molecule has 0 spiro atoms. The average molecular weight is 298 g/mol. The van der Waals surface area contributed by atoms with Crippen molar-refractivity contribution in [3.05, 3.63) is 41.6 Å². The third kappa shape index (κ3) is 2.58. The summed E-state index contributed by atoms with van der Waals surface area (Å²) in [6, 6.07) is 10.5. The first kappa shape index (κ1) is 15.3. The van der Waals surface area contributed by atoms with Crippen molar-refractivity contribution in [1.82, 2.24) is 9.78 Å². The summed E-state index contributed by atoms with van der Waals surface area (Å²) in [6.07, 6.45) is 2.44. The maximum absolute atomic E-state index is 9.43. The van der Waals surface area contributed by atoms with Crippen LogP contribution in [0.25, 0.3) is 11.3 Å². The van der Waals surface area contributed by atoms with Crippen molar-refractivity contribution in [1.29, 1.82) is 0 Å². The molecule has 1 aliphatic rings. The number of fused-ring (bicyclic) bond motifs is 1. The van der Waals surface area contributed by atoms with E-state index in [-0.39, 0.29) is 6.61 Å². The molecule has 0 amide bonds. The van der Waals surface area contributed by atoms with Gasteiger partial charge >= 0.3 is 0 Å². The number of rotatable bonds is 4. The molecule has 1 heterocycles. The van der Waals surface area contributed by atoms with Crippen LogP contribution in [0.4, 0.5) is 0 Å². The highest BCUT2D eigenvalue weighted by molar-refractivity contribution is 5.66. The molecule has 0 bridgehead atoms. The Hall–Kier alpha value is -1.61. The molecule has 2 aromatic rings. The van der Waals surface area contributed by atoms with Crippen LogP contribution >= 0.6 is 0 Å². The van der Waals surface area contributed by atoms with Gasteiger partial charge in [-0.2, -0.15) is 5.10 Å². The van der Waals surface area contributed by atoms with E-state index in [1.165, 1.54) is 35.4 Å². The maximum Gasteiger partial charge on any atom is 0.0721 e. The number of aromatic nitrogens is 2. The molecule has 3 nitrogen and oxygen atoms in total. The number of hydrogen-bond donors (Lipinski definition) is 1. The van der Waals surface area contributed by atoms with Crippen molar-refractivity contribution in [2.45, 2.75) is 52.0 Å². The van der Waals surface area contributed by atoms with Crippen LogP contribution in [-0.2, 0) is 6.54 Å². The Balaban J connectivity index is 2.19. The fraction of sp³-hybridized carbons (Fsp3) is 0.526. The monoisotopic (exact) mass is 298 g/mol. The van der Waals surface area contributed by atoms with Crippen molar-refractivity contribution in [2.24, 2.45) is 5.92 Å². The van der Waals surface area contributed by atoms with Crippen LogP contribution < -0.4 is 0 Å². The van der Waals surface area contributed by atoms with Gasteiger partial charge in [0.1, 0.15) is 0 Å². The Kier molecular flexibility index (Phi) is 4.34. The van der Waals surface area contributed by atoms with Gasteiger partial charge in [0, 0.05) is 17.0 Å². The minimum atomic E-state index is 0.126. The van der Waals surface area contributed by atoms with Gasteiger partial charge in [-0.3, -0.25) is 4.68 Å². The predicted octanol–water partition coefficient (Wildman–Crippen LogP) is 4.18. The van der Waals surface area contributed by atoms with E-state index in [0.717, 1.165) is 0 Å². The minimum absolute atomic E-state index is 0.126. The summed E-state index contributed by atoms with van der Waals surface area (Å²) in [7, 11) is 0. The van der Waals surface area contributed by atoms with Crippen LogP contribution in [0.1, 0.15) is 56.7 Å². The second-order valence-electron chi connectivity index (χ2n) is 6.79. The molecule has 1 aliphatic carbocycles. The summed E-state index contributed by atoms with van der Waals surface area (Å²) in [5, 5.41) is 14.4. The standard InChI is InChI=1S/C19H26N2O/c1-13(2)16-10-9-14(3)17-18(16)20-21(11-12-22)19(17)15-7-5-4-6-8-15/h4-8,13-14,16,22H,9-12H2,1-3H3/t14-,16+/m1/s1. The number of hydrogen-bond acceptors (Lipinski definition) is 2. The second-order valence-corrected chi connectivity index (χ2v) is 6.79. The van der Waals surface area contributed by atoms with Gasteiger partial charge in [0.2, 0.25) is 0 Å². The van der Waals surface area contributed by atoms with Crippen molar-refractivity contribution >= 4 is 0 Å². The zero-order chi connectivity index (χ0) is 15.7. The maximum atomic E-state index is 9.43. The van der Waals surface area contributed by atoms with Crippen LogP contribution in [0, 0.1) is 5.92 Å². The lowest BCUT2D eigenvalue weighted by atomic mass is 9.75. The summed E-state index contributed by atoms with van der Waals surface area (Å²) in [5.74, 6) is 1.67. The molecule has 118 valence electrons. The van der Waals surface area contributed by atoms with Gasteiger partial charge in [0.15, 0.2) is 0 Å². The highest BCUT2D eigenvalue weighted by Gasteiger charge is 2.33. The summed E-state index contributed by atoms with van der Waals surface area (Å²) >= 11 is 0.